The number of carbonyl (C=O) groups is 1. The van der Waals surface area contributed by atoms with Crippen LogP contribution in [0.4, 0.5) is 0 Å². The van der Waals surface area contributed by atoms with E-state index in [1.54, 1.807) is 18.2 Å². The minimum atomic E-state index is -0.835. The number of carboxylic acid groups (broad SMARTS) is 1. The molecule has 0 aliphatic heterocycles. The predicted molar refractivity (Wildman–Crippen MR) is 80.3 cm³/mol. The first kappa shape index (κ1) is 16.8. The second-order valence-corrected chi connectivity index (χ2v) is 5.52. The maximum atomic E-state index is 11.2. The molecule has 0 amide bonds. The van der Waals surface area contributed by atoms with Crippen molar-refractivity contribution < 1.29 is 14.6 Å². The van der Waals surface area contributed by atoms with Gasteiger partial charge in [-0.3, -0.25) is 4.79 Å². The Balaban J connectivity index is 2.76. The lowest BCUT2D eigenvalue weighted by atomic mass is 10.0. The van der Waals surface area contributed by atoms with E-state index >= 15 is 0 Å². The van der Waals surface area contributed by atoms with Gasteiger partial charge in [0, 0.05) is 17.1 Å². The molecule has 0 bridgehead atoms. The smallest absolute Gasteiger partial charge is 0.320 e. The molecule has 0 aromatic heterocycles. The van der Waals surface area contributed by atoms with E-state index < -0.39 is 12.0 Å². The molecule has 1 unspecified atom stereocenters. The van der Waals surface area contributed by atoms with Crippen LogP contribution in [0.3, 0.4) is 0 Å². The molecule has 0 spiro atoms. The van der Waals surface area contributed by atoms with Gasteiger partial charge in [0.1, 0.15) is 11.8 Å². The van der Waals surface area contributed by atoms with E-state index in [0.29, 0.717) is 30.5 Å². The van der Waals surface area contributed by atoms with Crippen molar-refractivity contribution in [3.05, 3.63) is 28.8 Å². The molecule has 0 fully saturated rings. The van der Waals surface area contributed by atoms with Crippen molar-refractivity contribution in [1.29, 1.82) is 0 Å². The van der Waals surface area contributed by atoms with Crippen LogP contribution < -0.4 is 10.1 Å². The van der Waals surface area contributed by atoms with E-state index in [4.69, 9.17) is 16.3 Å². The Morgan fingerprint density at radius 3 is 2.70 bits per heavy atom. The highest BCUT2D eigenvalue weighted by Crippen LogP contribution is 2.23. The predicted octanol–water partition coefficient (Wildman–Crippen LogP) is 3.33. The third-order valence-corrected chi connectivity index (χ3v) is 3.10. The zero-order chi connectivity index (χ0) is 15.1. The number of carboxylic acids is 1. The molecule has 112 valence electrons. The van der Waals surface area contributed by atoms with Crippen LogP contribution in [0, 0.1) is 5.92 Å². The van der Waals surface area contributed by atoms with Gasteiger partial charge in [-0.2, -0.15) is 0 Å². The summed E-state index contributed by atoms with van der Waals surface area (Å²) in [6, 6.07) is 4.80. The Morgan fingerprint density at radius 2 is 2.15 bits per heavy atom. The molecule has 0 saturated carbocycles. The van der Waals surface area contributed by atoms with E-state index in [1.807, 2.05) is 20.8 Å². The molecular formula is C15H22ClNO3. The second-order valence-electron chi connectivity index (χ2n) is 5.09. The number of rotatable bonds is 8. The van der Waals surface area contributed by atoms with E-state index in [0.717, 1.165) is 11.3 Å². The maximum Gasteiger partial charge on any atom is 0.320 e. The summed E-state index contributed by atoms with van der Waals surface area (Å²) in [5, 5.41) is 12.9. The van der Waals surface area contributed by atoms with Crippen molar-refractivity contribution >= 4 is 17.6 Å². The highest BCUT2D eigenvalue weighted by molar-refractivity contribution is 6.30. The minimum absolute atomic E-state index is 0.314. The van der Waals surface area contributed by atoms with Crippen molar-refractivity contribution in [2.24, 2.45) is 5.92 Å². The largest absolute Gasteiger partial charge is 0.494 e. The van der Waals surface area contributed by atoms with Gasteiger partial charge in [-0.15, -0.1) is 0 Å². The maximum absolute atomic E-state index is 11.2. The van der Waals surface area contributed by atoms with Gasteiger partial charge in [-0.05, 0) is 37.5 Å². The molecule has 0 heterocycles. The molecule has 0 aliphatic carbocycles. The van der Waals surface area contributed by atoms with Gasteiger partial charge in [0.15, 0.2) is 0 Å². The lowest BCUT2D eigenvalue weighted by Gasteiger charge is -2.18. The quantitative estimate of drug-likeness (QED) is 0.773. The SMILES string of the molecule is CCOc1ccc(Cl)cc1CNC(CC(C)C)C(=O)O. The summed E-state index contributed by atoms with van der Waals surface area (Å²) in [7, 11) is 0. The molecule has 0 saturated heterocycles. The first-order valence-corrected chi connectivity index (χ1v) is 7.19. The van der Waals surface area contributed by atoms with Gasteiger partial charge < -0.3 is 15.2 Å². The van der Waals surface area contributed by atoms with Gasteiger partial charge in [-0.25, -0.2) is 0 Å². The fourth-order valence-electron chi connectivity index (χ4n) is 1.96. The standard InChI is InChI=1S/C15H22ClNO3/c1-4-20-14-6-5-12(16)8-11(14)9-17-13(15(18)19)7-10(2)3/h5-6,8,10,13,17H,4,7,9H2,1-3H3,(H,18,19). The van der Waals surface area contributed by atoms with E-state index in [9.17, 15) is 9.90 Å². The molecular weight excluding hydrogens is 278 g/mol. The summed E-state index contributed by atoms with van der Waals surface area (Å²) in [5.41, 5.74) is 0.870. The summed E-state index contributed by atoms with van der Waals surface area (Å²) in [6.45, 7) is 6.89. The summed E-state index contributed by atoms with van der Waals surface area (Å²) in [4.78, 5) is 11.2. The van der Waals surface area contributed by atoms with Crippen molar-refractivity contribution in [3.63, 3.8) is 0 Å². The second kappa shape index (κ2) is 8.12. The monoisotopic (exact) mass is 299 g/mol. The highest BCUT2D eigenvalue weighted by atomic mass is 35.5. The molecule has 0 radical (unpaired) electrons. The van der Waals surface area contributed by atoms with E-state index in [2.05, 4.69) is 5.32 Å². The van der Waals surface area contributed by atoms with Crippen LogP contribution in [0.25, 0.3) is 0 Å². The average molecular weight is 300 g/mol. The minimum Gasteiger partial charge on any atom is -0.494 e. The summed E-state index contributed by atoms with van der Waals surface area (Å²) < 4.78 is 5.52. The number of ether oxygens (including phenoxy) is 1. The molecule has 4 nitrogen and oxygen atoms in total. The molecule has 20 heavy (non-hydrogen) atoms. The highest BCUT2D eigenvalue weighted by Gasteiger charge is 2.18. The molecule has 1 aromatic rings. The van der Waals surface area contributed by atoms with Crippen molar-refractivity contribution in [1.82, 2.24) is 5.32 Å². The molecule has 1 atom stereocenters. The Kier molecular flexibility index (Phi) is 6.82. The molecule has 5 heteroatoms. The van der Waals surface area contributed by atoms with Gasteiger partial charge in [0.2, 0.25) is 0 Å². The first-order chi connectivity index (χ1) is 9.43. The zero-order valence-corrected chi connectivity index (χ0v) is 12.9. The number of nitrogens with one attached hydrogen (secondary N) is 1. The number of hydrogen-bond donors (Lipinski definition) is 2. The van der Waals surface area contributed by atoms with Crippen molar-refractivity contribution in [3.8, 4) is 5.75 Å². The van der Waals surface area contributed by atoms with Crippen molar-refractivity contribution in [2.45, 2.75) is 39.8 Å². The number of hydrogen-bond acceptors (Lipinski definition) is 3. The lowest BCUT2D eigenvalue weighted by Crippen LogP contribution is -2.37. The van der Waals surface area contributed by atoms with Gasteiger partial charge in [0.25, 0.3) is 0 Å². The first-order valence-electron chi connectivity index (χ1n) is 6.81. The Morgan fingerprint density at radius 1 is 1.45 bits per heavy atom. The van der Waals surface area contributed by atoms with Gasteiger partial charge in [-0.1, -0.05) is 25.4 Å². The molecule has 2 N–H and O–H groups in total. The normalized spacial score (nSPS) is 12.4. The van der Waals surface area contributed by atoms with E-state index in [1.165, 1.54) is 0 Å². The van der Waals surface area contributed by atoms with Crippen LogP contribution in [-0.4, -0.2) is 23.7 Å². The van der Waals surface area contributed by atoms with Crippen LogP contribution in [0.1, 0.15) is 32.8 Å². The molecule has 0 aliphatic rings. The van der Waals surface area contributed by atoms with Gasteiger partial charge in [0.05, 0.1) is 6.61 Å². The number of aliphatic carboxylic acids is 1. The number of benzene rings is 1. The molecule has 1 rings (SSSR count). The van der Waals surface area contributed by atoms with Crippen LogP contribution in [0.2, 0.25) is 5.02 Å². The fraction of sp³-hybridized carbons (Fsp3) is 0.533. The summed E-state index contributed by atoms with van der Waals surface area (Å²) >= 11 is 5.98. The summed E-state index contributed by atoms with van der Waals surface area (Å²) in [6.07, 6.45) is 0.583. The van der Waals surface area contributed by atoms with Crippen LogP contribution in [0.5, 0.6) is 5.75 Å². The van der Waals surface area contributed by atoms with Crippen molar-refractivity contribution in [2.75, 3.05) is 6.61 Å². The third kappa shape index (κ3) is 5.39. The molecule has 1 aromatic carbocycles. The lowest BCUT2D eigenvalue weighted by molar-refractivity contribution is -0.140. The van der Waals surface area contributed by atoms with Crippen LogP contribution >= 0.6 is 11.6 Å². The topological polar surface area (TPSA) is 58.6 Å². The summed E-state index contributed by atoms with van der Waals surface area (Å²) in [5.74, 6) is 0.214. The Labute approximate surface area is 125 Å². The van der Waals surface area contributed by atoms with Crippen LogP contribution in [0.15, 0.2) is 18.2 Å². The Bertz CT molecular complexity index is 449. The van der Waals surface area contributed by atoms with Crippen LogP contribution in [-0.2, 0) is 11.3 Å². The third-order valence-electron chi connectivity index (χ3n) is 2.87. The van der Waals surface area contributed by atoms with E-state index in [-0.39, 0.29) is 0 Å². The number of halogens is 1. The zero-order valence-electron chi connectivity index (χ0n) is 12.1. The van der Waals surface area contributed by atoms with Gasteiger partial charge >= 0.3 is 5.97 Å². The Hall–Kier alpha value is -1.26. The average Bonchev–Trinajstić information content (AvgIpc) is 2.36. The fourth-order valence-corrected chi connectivity index (χ4v) is 2.15.